The summed E-state index contributed by atoms with van der Waals surface area (Å²) >= 11 is 1.31. The number of aromatic nitrogens is 2. The Hall–Kier alpha value is -3.48. The van der Waals surface area contributed by atoms with E-state index in [0.717, 1.165) is 54.4 Å². The fourth-order valence-electron chi connectivity index (χ4n) is 4.13. The standard InChI is InChI=1S/C24H23FN6OS/c1-3-18-23(17-12-21(28-14-19(17)32-18)31-10-8-27-9-11-31)30(2)24-29-22(20(13-26)33-24)15-4-6-16(25)7-5-15/h4-7,12,14,27H,3,8-11H2,1-2H3. The van der Waals surface area contributed by atoms with Crippen LogP contribution in [0.2, 0.25) is 0 Å². The number of piperazine rings is 1. The number of nitriles is 1. The third-order valence-electron chi connectivity index (χ3n) is 5.82. The number of rotatable bonds is 5. The summed E-state index contributed by atoms with van der Waals surface area (Å²) in [4.78, 5) is 14.1. The number of pyridine rings is 1. The third-order valence-corrected chi connectivity index (χ3v) is 6.86. The van der Waals surface area contributed by atoms with E-state index in [1.807, 2.05) is 18.9 Å². The Balaban J connectivity index is 1.58. The zero-order valence-corrected chi connectivity index (χ0v) is 19.2. The number of hydrogen-bond acceptors (Lipinski definition) is 8. The summed E-state index contributed by atoms with van der Waals surface area (Å²) in [6.07, 6.45) is 2.49. The summed E-state index contributed by atoms with van der Waals surface area (Å²) in [6.45, 7) is 5.72. The van der Waals surface area contributed by atoms with E-state index in [0.29, 0.717) is 27.7 Å². The van der Waals surface area contributed by atoms with Crippen LogP contribution in [0, 0.1) is 17.1 Å². The van der Waals surface area contributed by atoms with E-state index in [2.05, 4.69) is 27.3 Å². The molecule has 0 radical (unpaired) electrons. The molecule has 0 atom stereocenters. The topological polar surface area (TPSA) is 81.2 Å². The van der Waals surface area contributed by atoms with Crippen LogP contribution in [-0.4, -0.2) is 43.2 Å². The highest BCUT2D eigenvalue weighted by Crippen LogP contribution is 2.41. The summed E-state index contributed by atoms with van der Waals surface area (Å²) in [7, 11) is 1.93. The number of fused-ring (bicyclic) bond motifs is 1. The molecule has 1 saturated heterocycles. The Morgan fingerprint density at radius 3 is 2.73 bits per heavy atom. The van der Waals surface area contributed by atoms with E-state index in [-0.39, 0.29) is 5.82 Å². The van der Waals surface area contributed by atoms with Gasteiger partial charge in [-0.15, -0.1) is 0 Å². The van der Waals surface area contributed by atoms with Crippen molar-refractivity contribution < 1.29 is 8.81 Å². The maximum atomic E-state index is 13.4. The smallest absolute Gasteiger partial charge is 0.191 e. The number of aryl methyl sites for hydroxylation is 1. The third kappa shape index (κ3) is 3.92. The lowest BCUT2D eigenvalue weighted by Gasteiger charge is -2.28. The number of furan rings is 1. The van der Waals surface area contributed by atoms with E-state index in [4.69, 9.17) is 9.40 Å². The van der Waals surface area contributed by atoms with Gasteiger partial charge >= 0.3 is 0 Å². The van der Waals surface area contributed by atoms with Gasteiger partial charge in [0.2, 0.25) is 0 Å². The lowest BCUT2D eigenvalue weighted by Crippen LogP contribution is -2.43. The molecule has 0 aliphatic carbocycles. The van der Waals surface area contributed by atoms with E-state index < -0.39 is 0 Å². The Labute approximate surface area is 195 Å². The van der Waals surface area contributed by atoms with Gasteiger partial charge in [0.05, 0.1) is 11.9 Å². The van der Waals surface area contributed by atoms with E-state index >= 15 is 0 Å². The molecule has 4 heterocycles. The van der Waals surface area contributed by atoms with Gasteiger partial charge in [-0.25, -0.2) is 14.4 Å². The highest BCUT2D eigenvalue weighted by Gasteiger charge is 2.24. The lowest BCUT2D eigenvalue weighted by molar-refractivity contribution is 0.555. The van der Waals surface area contributed by atoms with Gasteiger partial charge in [-0.05, 0) is 30.3 Å². The Morgan fingerprint density at radius 1 is 1.27 bits per heavy atom. The molecule has 0 amide bonds. The van der Waals surface area contributed by atoms with Crippen LogP contribution < -0.4 is 15.1 Å². The molecule has 5 rings (SSSR count). The average molecular weight is 463 g/mol. The Bertz CT molecular complexity index is 1330. The quantitative estimate of drug-likeness (QED) is 0.460. The molecule has 7 nitrogen and oxygen atoms in total. The summed E-state index contributed by atoms with van der Waals surface area (Å²) in [5.74, 6) is 1.44. The van der Waals surface area contributed by atoms with Gasteiger partial charge in [-0.1, -0.05) is 18.3 Å². The maximum Gasteiger partial charge on any atom is 0.191 e. The van der Waals surface area contributed by atoms with Crippen LogP contribution in [-0.2, 0) is 6.42 Å². The molecular formula is C24H23FN6OS. The predicted octanol–water partition coefficient (Wildman–Crippen LogP) is 4.70. The molecule has 1 fully saturated rings. The maximum absolute atomic E-state index is 13.4. The van der Waals surface area contributed by atoms with Crippen molar-refractivity contribution in [3.63, 3.8) is 0 Å². The molecule has 4 aromatic rings. The number of halogens is 1. The molecule has 168 valence electrons. The van der Waals surface area contributed by atoms with Crippen molar-refractivity contribution in [2.24, 2.45) is 0 Å². The van der Waals surface area contributed by atoms with Crippen LogP contribution in [0.4, 0.5) is 21.0 Å². The monoisotopic (exact) mass is 462 g/mol. The Kier molecular flexibility index (Phi) is 5.70. The van der Waals surface area contributed by atoms with Crippen LogP contribution in [0.15, 0.2) is 40.9 Å². The predicted molar refractivity (Wildman–Crippen MR) is 129 cm³/mol. The van der Waals surface area contributed by atoms with Crippen molar-refractivity contribution in [2.45, 2.75) is 13.3 Å². The van der Waals surface area contributed by atoms with Crippen LogP contribution >= 0.6 is 11.3 Å². The minimum atomic E-state index is -0.323. The van der Waals surface area contributed by atoms with Crippen molar-refractivity contribution in [3.8, 4) is 17.3 Å². The van der Waals surface area contributed by atoms with Crippen molar-refractivity contribution in [1.82, 2.24) is 15.3 Å². The van der Waals surface area contributed by atoms with Gasteiger partial charge in [0.15, 0.2) is 10.7 Å². The summed E-state index contributed by atoms with van der Waals surface area (Å²) in [6, 6.07) is 10.4. The first-order chi connectivity index (χ1) is 16.1. The molecule has 0 unspecified atom stereocenters. The van der Waals surface area contributed by atoms with Gasteiger partial charge < -0.3 is 19.5 Å². The first-order valence-electron chi connectivity index (χ1n) is 10.9. The van der Waals surface area contributed by atoms with Crippen LogP contribution in [0.25, 0.3) is 22.2 Å². The minimum absolute atomic E-state index is 0.323. The minimum Gasteiger partial charge on any atom is -0.457 e. The normalized spacial score (nSPS) is 13.9. The first kappa shape index (κ1) is 21.4. The second kappa shape index (κ2) is 8.81. The SMILES string of the molecule is CCc1oc2cnc(N3CCNCC3)cc2c1N(C)c1nc(-c2ccc(F)cc2)c(C#N)s1. The van der Waals surface area contributed by atoms with Crippen LogP contribution in [0.5, 0.6) is 0 Å². The molecule has 1 N–H and O–H groups in total. The molecule has 1 aliphatic heterocycles. The van der Waals surface area contributed by atoms with Crippen molar-refractivity contribution >= 4 is 38.9 Å². The van der Waals surface area contributed by atoms with E-state index in [1.54, 1.807) is 18.3 Å². The lowest BCUT2D eigenvalue weighted by atomic mass is 10.1. The average Bonchev–Trinajstić information content (AvgIpc) is 3.46. The Morgan fingerprint density at radius 2 is 2.03 bits per heavy atom. The van der Waals surface area contributed by atoms with Crippen molar-refractivity contribution in [3.05, 3.63) is 53.0 Å². The number of benzene rings is 1. The molecule has 0 saturated carbocycles. The second-order valence-electron chi connectivity index (χ2n) is 7.85. The molecule has 1 aromatic carbocycles. The highest BCUT2D eigenvalue weighted by molar-refractivity contribution is 7.16. The van der Waals surface area contributed by atoms with E-state index in [1.165, 1.54) is 23.5 Å². The molecular weight excluding hydrogens is 439 g/mol. The number of nitrogens with one attached hydrogen (secondary N) is 1. The van der Waals surface area contributed by atoms with Gasteiger partial charge in [-0.2, -0.15) is 5.26 Å². The molecule has 9 heteroatoms. The number of thiazole rings is 1. The summed E-state index contributed by atoms with van der Waals surface area (Å²) in [5, 5.41) is 14.7. The fourth-order valence-corrected chi connectivity index (χ4v) is 4.98. The molecule has 1 aliphatic rings. The van der Waals surface area contributed by atoms with Crippen molar-refractivity contribution in [1.29, 1.82) is 5.26 Å². The molecule has 0 bridgehead atoms. The van der Waals surface area contributed by atoms with Crippen molar-refractivity contribution in [2.75, 3.05) is 43.0 Å². The number of nitrogens with zero attached hydrogens (tertiary/aromatic N) is 5. The molecule has 0 spiro atoms. The van der Waals surface area contributed by atoms with Crippen LogP contribution in [0.1, 0.15) is 17.6 Å². The second-order valence-corrected chi connectivity index (χ2v) is 8.83. The summed E-state index contributed by atoms with van der Waals surface area (Å²) < 4.78 is 19.5. The first-order valence-corrected chi connectivity index (χ1v) is 11.7. The van der Waals surface area contributed by atoms with Gasteiger partial charge in [0.25, 0.3) is 0 Å². The van der Waals surface area contributed by atoms with Crippen LogP contribution in [0.3, 0.4) is 0 Å². The van der Waals surface area contributed by atoms with Gasteiger partial charge in [0, 0.05) is 50.6 Å². The van der Waals surface area contributed by atoms with Gasteiger partial charge in [-0.3, -0.25) is 0 Å². The fraction of sp³-hybridized carbons (Fsp3) is 0.292. The molecule has 33 heavy (non-hydrogen) atoms. The molecule has 3 aromatic heterocycles. The van der Waals surface area contributed by atoms with Gasteiger partial charge in [0.1, 0.15) is 34.0 Å². The van der Waals surface area contributed by atoms with E-state index in [9.17, 15) is 9.65 Å². The highest BCUT2D eigenvalue weighted by atomic mass is 32.1. The summed E-state index contributed by atoms with van der Waals surface area (Å²) in [5.41, 5.74) is 2.92. The largest absolute Gasteiger partial charge is 0.457 e. The number of hydrogen-bond donors (Lipinski definition) is 1. The number of anilines is 3. The zero-order valence-electron chi connectivity index (χ0n) is 18.4. The zero-order chi connectivity index (χ0) is 22.9.